The zero-order chi connectivity index (χ0) is 33.8. The van der Waals surface area contributed by atoms with Crippen LogP contribution in [0.2, 0.25) is 13.7 Å². The molecular formula is C45H46Cl4Zr. The van der Waals surface area contributed by atoms with E-state index < -0.39 is 18.3 Å². The molecular weight excluding hydrogens is 774 g/mol. The van der Waals surface area contributed by atoms with E-state index in [1.54, 1.807) is 0 Å². The molecule has 1 atom stereocenters. The third-order valence-electron chi connectivity index (χ3n) is 12.7. The summed E-state index contributed by atoms with van der Waals surface area (Å²) in [5.41, 5.74) is 14.1. The SMILES string of the molecule is Cl.Cl.[CH2]=[Zr]([C]1=CC=CC1)([c]1cccc(Cl)c1)([c]1cccc(Cl)c1)[CH]1C=C(C)c2cc3c(cc2C1(C)C)Cc1cc2c(cc1-3)C(C)=CCC2(C)C. The van der Waals surface area contributed by atoms with E-state index in [1.165, 1.54) is 65.5 Å². The molecule has 258 valence electrons. The summed E-state index contributed by atoms with van der Waals surface area (Å²) >= 11 is 8.89. The van der Waals surface area contributed by atoms with Crippen LogP contribution in [0.3, 0.4) is 0 Å². The summed E-state index contributed by atoms with van der Waals surface area (Å²) < 4.78 is 9.82. The van der Waals surface area contributed by atoms with E-state index in [2.05, 4.69) is 133 Å². The van der Waals surface area contributed by atoms with E-state index in [-0.39, 0.29) is 39.3 Å². The molecule has 0 spiro atoms. The molecule has 5 heteroatoms. The molecule has 0 bridgehead atoms. The van der Waals surface area contributed by atoms with Crippen molar-refractivity contribution in [2.45, 2.75) is 75.3 Å². The maximum absolute atomic E-state index is 6.87. The van der Waals surface area contributed by atoms with Crippen LogP contribution in [0.1, 0.15) is 87.8 Å². The van der Waals surface area contributed by atoms with E-state index in [4.69, 9.17) is 27.4 Å². The van der Waals surface area contributed by atoms with Gasteiger partial charge in [-0.3, -0.25) is 0 Å². The Hall–Kier alpha value is -2.25. The zero-order valence-electron chi connectivity index (χ0n) is 29.8. The molecule has 0 radical (unpaired) electrons. The van der Waals surface area contributed by atoms with E-state index in [9.17, 15) is 0 Å². The summed E-state index contributed by atoms with van der Waals surface area (Å²) in [5, 5.41) is 1.51. The van der Waals surface area contributed by atoms with Crippen molar-refractivity contribution < 1.29 is 18.3 Å². The average molecular weight is 820 g/mol. The molecule has 0 aliphatic heterocycles. The van der Waals surface area contributed by atoms with Crippen molar-refractivity contribution in [3.63, 3.8) is 0 Å². The monoisotopic (exact) mass is 816 g/mol. The van der Waals surface area contributed by atoms with Gasteiger partial charge in [0, 0.05) is 0 Å². The third kappa shape index (κ3) is 5.20. The van der Waals surface area contributed by atoms with Crippen LogP contribution in [-0.4, -0.2) is 4.21 Å². The Morgan fingerprint density at radius 3 is 1.82 bits per heavy atom. The Balaban J connectivity index is 0.00000216. The Labute approximate surface area is 321 Å². The molecule has 0 aromatic heterocycles. The summed E-state index contributed by atoms with van der Waals surface area (Å²) in [4.78, 5) is 0. The van der Waals surface area contributed by atoms with Crippen LogP contribution in [0.4, 0.5) is 0 Å². The number of hydrogen-bond donors (Lipinski definition) is 0. The summed E-state index contributed by atoms with van der Waals surface area (Å²) in [5.74, 6) is 0. The molecule has 50 heavy (non-hydrogen) atoms. The van der Waals surface area contributed by atoms with Crippen LogP contribution in [-0.2, 0) is 35.5 Å². The van der Waals surface area contributed by atoms with Gasteiger partial charge in [-0.2, -0.15) is 0 Å². The quantitative estimate of drug-likeness (QED) is 0.169. The summed E-state index contributed by atoms with van der Waals surface area (Å²) in [6, 6.07) is 27.4. The van der Waals surface area contributed by atoms with Gasteiger partial charge in [0.2, 0.25) is 0 Å². The Morgan fingerprint density at radius 2 is 1.28 bits per heavy atom. The number of hydrogen-bond acceptors (Lipinski definition) is 0. The van der Waals surface area contributed by atoms with Crippen LogP contribution in [0.15, 0.2) is 106 Å². The van der Waals surface area contributed by atoms with Crippen molar-refractivity contribution in [2.75, 3.05) is 0 Å². The minimum atomic E-state index is -4.85. The second kappa shape index (κ2) is 12.7. The van der Waals surface area contributed by atoms with Gasteiger partial charge in [0.25, 0.3) is 0 Å². The van der Waals surface area contributed by atoms with E-state index in [0.717, 1.165) is 29.3 Å². The summed E-state index contributed by atoms with van der Waals surface area (Å²) in [6.07, 6.45) is 14.9. The molecule has 0 fully saturated rings. The first-order chi connectivity index (χ1) is 22.7. The van der Waals surface area contributed by atoms with Crippen molar-refractivity contribution in [1.82, 2.24) is 0 Å². The standard InChI is InChI=1S/C27H29.2C6H4Cl.C5H5.CH2.2ClH.Zr/c1-16-7-9-26(3,4)24-12-18-11-19-13-25-21(17(2)8-10-27(25,5)6)15-23(19)22(18)14-20(16)24;2*7-6-4-2-1-3-5-6;1-2-4-5-3-1;;;;/h7-9,12-15H,10-11H2,1-6H3;2*1-2,4-5H;1-3H,4H2;1H2;2*1H;. The zero-order valence-corrected chi connectivity index (χ0v) is 35.4. The van der Waals surface area contributed by atoms with Crippen molar-refractivity contribution >= 4 is 69.9 Å². The van der Waals surface area contributed by atoms with Gasteiger partial charge in [0.15, 0.2) is 0 Å². The normalized spacial score (nSPS) is 19.5. The van der Waals surface area contributed by atoms with E-state index >= 15 is 0 Å². The predicted molar refractivity (Wildman–Crippen MR) is 222 cm³/mol. The first-order valence-electron chi connectivity index (χ1n) is 17.4. The van der Waals surface area contributed by atoms with Gasteiger partial charge in [-0.1, -0.05) is 0 Å². The van der Waals surface area contributed by atoms with E-state index in [0.29, 0.717) is 0 Å². The van der Waals surface area contributed by atoms with Crippen molar-refractivity contribution in [3.05, 3.63) is 150 Å². The van der Waals surface area contributed by atoms with Gasteiger partial charge >= 0.3 is 300 Å². The predicted octanol–water partition coefficient (Wildman–Crippen LogP) is 12.6. The average Bonchev–Trinajstić information content (AvgIpc) is 3.72. The van der Waals surface area contributed by atoms with Crippen LogP contribution >= 0.6 is 48.0 Å². The fourth-order valence-electron chi connectivity index (χ4n) is 10.0. The van der Waals surface area contributed by atoms with Gasteiger partial charge < -0.3 is 0 Å². The Morgan fingerprint density at radius 1 is 0.720 bits per heavy atom. The molecule has 0 N–H and O–H groups in total. The second-order valence-corrected chi connectivity index (χ2v) is 30.6. The van der Waals surface area contributed by atoms with Gasteiger partial charge in [0.1, 0.15) is 0 Å². The molecule has 0 nitrogen and oxygen atoms in total. The molecule has 4 aliphatic rings. The number of rotatable bonds is 4. The van der Waals surface area contributed by atoms with E-state index in [1.807, 2.05) is 12.1 Å². The molecule has 0 saturated heterocycles. The topological polar surface area (TPSA) is 0 Å². The Bertz CT molecular complexity index is 2230. The Kier molecular flexibility index (Phi) is 9.53. The summed E-state index contributed by atoms with van der Waals surface area (Å²) in [6.45, 7) is 14.3. The third-order valence-corrected chi connectivity index (χ3v) is 31.3. The van der Waals surface area contributed by atoms with Crippen LogP contribution in [0, 0.1) is 0 Å². The fourth-order valence-corrected chi connectivity index (χ4v) is 29.4. The van der Waals surface area contributed by atoms with Crippen molar-refractivity contribution in [1.29, 1.82) is 0 Å². The van der Waals surface area contributed by atoms with Crippen molar-refractivity contribution in [2.24, 2.45) is 0 Å². The molecule has 4 aromatic rings. The number of halogens is 4. The molecule has 8 rings (SSSR count). The molecule has 0 saturated carbocycles. The molecule has 0 heterocycles. The summed E-state index contributed by atoms with van der Waals surface area (Å²) in [7, 11) is 0. The molecule has 4 aromatic carbocycles. The fraction of sp³-hybridized carbons (Fsp3) is 0.267. The van der Waals surface area contributed by atoms with Crippen LogP contribution < -0.4 is 6.54 Å². The van der Waals surface area contributed by atoms with Gasteiger partial charge in [-0.05, 0) is 0 Å². The molecule has 0 amide bonds. The number of benzene rings is 4. The first-order valence-corrected chi connectivity index (χ1v) is 25.0. The number of fused-ring (bicyclic) bond motifs is 5. The van der Waals surface area contributed by atoms with Gasteiger partial charge in [-0.15, -0.1) is 24.8 Å². The maximum atomic E-state index is 6.87. The first kappa shape index (κ1) is 37.5. The van der Waals surface area contributed by atoms with Crippen LogP contribution in [0.5, 0.6) is 0 Å². The minimum absolute atomic E-state index is 0. The molecule has 4 aliphatic carbocycles. The van der Waals surface area contributed by atoms with Crippen LogP contribution in [0.25, 0.3) is 22.3 Å². The number of allylic oxidation sites excluding steroid dienone is 8. The van der Waals surface area contributed by atoms with Gasteiger partial charge in [0.05, 0.1) is 0 Å². The van der Waals surface area contributed by atoms with Crippen molar-refractivity contribution in [3.8, 4) is 11.1 Å². The van der Waals surface area contributed by atoms with Gasteiger partial charge in [-0.25, -0.2) is 0 Å². The molecule has 1 unspecified atom stereocenters. The second-order valence-electron chi connectivity index (χ2n) is 16.2.